The van der Waals surface area contributed by atoms with Crippen LogP contribution in [0.25, 0.3) is 6.08 Å². The third kappa shape index (κ3) is 9.56. The van der Waals surface area contributed by atoms with Gasteiger partial charge in [-0.25, -0.2) is 0 Å². The van der Waals surface area contributed by atoms with E-state index >= 15 is 0 Å². The van der Waals surface area contributed by atoms with Crippen molar-refractivity contribution in [2.24, 2.45) is 0 Å². The Kier molecular flexibility index (Phi) is 11.4. The summed E-state index contributed by atoms with van der Waals surface area (Å²) < 4.78 is 0. The minimum atomic E-state index is -0.573. The Hall–Kier alpha value is -5.93. The largest absolute Gasteiger partial charge is 0.378 e. The standard InChI is InChI=1S/C40H36N4O4S/c1-27(45)29-16-18-32(19-17-29)42-40(48)37(30-10-6-4-7-11-30)49-35-24-20-33(21-25-35)41-39(47)36(43-38(46)31-12-8-5-9-13-31)26-28-14-22-34(23-15-28)44(2)3/h4-26,37H,1-3H3,(H,41,47)(H,42,48)(H,43,46)/b36-26-. The molecule has 0 fully saturated rings. The number of thioether (sulfide) groups is 1. The van der Waals surface area contributed by atoms with E-state index in [1.54, 1.807) is 66.7 Å². The SMILES string of the molecule is CC(=O)c1ccc(NC(=O)C(Sc2ccc(NC(=O)/C(=C/c3ccc(N(C)C)cc3)NC(=O)c3ccccc3)cc2)c2ccccc2)cc1. The lowest BCUT2D eigenvalue weighted by Gasteiger charge is -2.18. The fourth-order valence-electron chi connectivity index (χ4n) is 4.83. The number of nitrogens with one attached hydrogen (secondary N) is 3. The molecule has 1 atom stereocenters. The van der Waals surface area contributed by atoms with Gasteiger partial charge < -0.3 is 20.9 Å². The van der Waals surface area contributed by atoms with E-state index in [9.17, 15) is 19.2 Å². The fraction of sp³-hybridized carbons (Fsp3) is 0.100. The summed E-state index contributed by atoms with van der Waals surface area (Å²) in [6.45, 7) is 1.50. The van der Waals surface area contributed by atoms with Crippen molar-refractivity contribution in [3.8, 4) is 0 Å². The molecule has 3 N–H and O–H groups in total. The Balaban J connectivity index is 1.32. The van der Waals surface area contributed by atoms with Crippen LogP contribution >= 0.6 is 11.8 Å². The molecule has 0 heterocycles. The fourth-order valence-corrected chi connectivity index (χ4v) is 5.85. The van der Waals surface area contributed by atoms with Gasteiger partial charge in [0.25, 0.3) is 11.8 Å². The maximum absolute atomic E-state index is 13.5. The van der Waals surface area contributed by atoms with Crippen LogP contribution in [0.5, 0.6) is 0 Å². The smallest absolute Gasteiger partial charge is 0.272 e. The second kappa shape index (κ2) is 16.3. The van der Waals surface area contributed by atoms with Crippen molar-refractivity contribution in [1.82, 2.24) is 5.32 Å². The monoisotopic (exact) mass is 668 g/mol. The lowest BCUT2D eigenvalue weighted by atomic mass is 10.1. The second-order valence-corrected chi connectivity index (χ2v) is 12.6. The van der Waals surface area contributed by atoms with Crippen LogP contribution in [0.1, 0.15) is 44.0 Å². The summed E-state index contributed by atoms with van der Waals surface area (Å²) in [4.78, 5) is 54.5. The van der Waals surface area contributed by atoms with E-state index < -0.39 is 17.1 Å². The van der Waals surface area contributed by atoms with E-state index in [0.29, 0.717) is 22.5 Å². The number of carbonyl (C=O) groups is 4. The van der Waals surface area contributed by atoms with Gasteiger partial charge >= 0.3 is 0 Å². The normalized spacial score (nSPS) is 11.6. The zero-order valence-corrected chi connectivity index (χ0v) is 28.2. The molecule has 0 saturated heterocycles. The number of rotatable bonds is 12. The van der Waals surface area contributed by atoms with Crippen molar-refractivity contribution in [3.05, 3.63) is 161 Å². The molecule has 0 saturated carbocycles. The first-order valence-corrected chi connectivity index (χ1v) is 16.4. The molecule has 0 bridgehead atoms. The van der Waals surface area contributed by atoms with Crippen LogP contribution in [-0.2, 0) is 9.59 Å². The molecular weight excluding hydrogens is 633 g/mol. The summed E-state index contributed by atoms with van der Waals surface area (Å²) in [7, 11) is 3.89. The lowest BCUT2D eigenvalue weighted by molar-refractivity contribution is -0.116. The maximum Gasteiger partial charge on any atom is 0.272 e. The van der Waals surface area contributed by atoms with Crippen molar-refractivity contribution >= 4 is 58.4 Å². The zero-order chi connectivity index (χ0) is 34.8. The lowest BCUT2D eigenvalue weighted by Crippen LogP contribution is -2.30. The highest BCUT2D eigenvalue weighted by molar-refractivity contribution is 8.00. The van der Waals surface area contributed by atoms with E-state index in [1.165, 1.54) is 18.7 Å². The molecule has 5 aromatic carbocycles. The van der Waals surface area contributed by atoms with Crippen LogP contribution in [0.2, 0.25) is 0 Å². The van der Waals surface area contributed by atoms with Crippen molar-refractivity contribution in [3.63, 3.8) is 0 Å². The van der Waals surface area contributed by atoms with E-state index in [-0.39, 0.29) is 17.4 Å². The summed E-state index contributed by atoms with van der Waals surface area (Å²) in [6, 6.07) is 39.7. The number of hydrogen-bond donors (Lipinski definition) is 3. The molecule has 3 amide bonds. The van der Waals surface area contributed by atoms with Crippen LogP contribution in [0.4, 0.5) is 17.1 Å². The molecule has 0 aliphatic heterocycles. The van der Waals surface area contributed by atoms with Crippen LogP contribution in [0, 0.1) is 0 Å². The summed E-state index contributed by atoms with van der Waals surface area (Å²) in [5.74, 6) is -1.15. The molecule has 0 aromatic heterocycles. The third-order valence-corrected chi connectivity index (χ3v) is 8.78. The van der Waals surface area contributed by atoms with Gasteiger partial charge in [0.1, 0.15) is 10.9 Å². The van der Waals surface area contributed by atoms with Crippen LogP contribution < -0.4 is 20.9 Å². The molecule has 0 spiro atoms. The third-order valence-electron chi connectivity index (χ3n) is 7.51. The summed E-state index contributed by atoms with van der Waals surface area (Å²) >= 11 is 1.37. The highest BCUT2D eigenvalue weighted by Crippen LogP contribution is 2.37. The first-order valence-electron chi connectivity index (χ1n) is 15.6. The molecule has 5 rings (SSSR count). The molecule has 8 nitrogen and oxygen atoms in total. The van der Waals surface area contributed by atoms with Gasteiger partial charge in [0.15, 0.2) is 5.78 Å². The Bertz CT molecular complexity index is 1940. The zero-order valence-electron chi connectivity index (χ0n) is 27.3. The van der Waals surface area contributed by atoms with Gasteiger partial charge in [0.05, 0.1) is 0 Å². The van der Waals surface area contributed by atoms with Gasteiger partial charge in [0, 0.05) is 47.2 Å². The number of hydrogen-bond acceptors (Lipinski definition) is 6. The molecular formula is C40H36N4O4S. The van der Waals surface area contributed by atoms with Gasteiger partial charge in [-0.2, -0.15) is 0 Å². The highest BCUT2D eigenvalue weighted by Gasteiger charge is 2.23. The van der Waals surface area contributed by atoms with Gasteiger partial charge in [-0.3, -0.25) is 19.2 Å². The van der Waals surface area contributed by atoms with Gasteiger partial charge in [0.2, 0.25) is 5.91 Å². The van der Waals surface area contributed by atoms with Crippen molar-refractivity contribution in [2.45, 2.75) is 17.1 Å². The minimum Gasteiger partial charge on any atom is -0.378 e. The molecule has 246 valence electrons. The quantitative estimate of drug-likeness (QED) is 0.0711. The van der Waals surface area contributed by atoms with E-state index in [1.807, 2.05) is 91.8 Å². The summed E-state index contributed by atoms with van der Waals surface area (Å²) in [5.41, 5.74) is 4.76. The average Bonchev–Trinajstić information content (AvgIpc) is 3.12. The first kappa shape index (κ1) is 34.4. The molecule has 5 aromatic rings. The van der Waals surface area contributed by atoms with Gasteiger partial charge in [-0.1, -0.05) is 60.7 Å². The predicted octanol–water partition coefficient (Wildman–Crippen LogP) is 7.84. The topological polar surface area (TPSA) is 108 Å². The predicted molar refractivity (Wildman–Crippen MR) is 198 cm³/mol. The number of anilines is 3. The van der Waals surface area contributed by atoms with Gasteiger partial charge in [-0.05, 0) is 96.9 Å². The Morgan fingerprint density at radius 1 is 0.653 bits per heavy atom. The van der Waals surface area contributed by atoms with Crippen molar-refractivity contribution in [2.75, 3.05) is 29.6 Å². The van der Waals surface area contributed by atoms with Crippen LogP contribution in [0.3, 0.4) is 0 Å². The maximum atomic E-state index is 13.5. The molecule has 0 aliphatic carbocycles. The molecule has 0 aliphatic rings. The highest BCUT2D eigenvalue weighted by atomic mass is 32.2. The summed E-state index contributed by atoms with van der Waals surface area (Å²) in [6.07, 6.45) is 1.64. The molecule has 1 unspecified atom stereocenters. The molecule has 49 heavy (non-hydrogen) atoms. The number of carbonyl (C=O) groups excluding carboxylic acids is 4. The Morgan fingerprint density at radius 2 is 1.22 bits per heavy atom. The second-order valence-electron chi connectivity index (χ2n) is 11.4. The van der Waals surface area contributed by atoms with E-state index in [0.717, 1.165) is 21.7 Å². The van der Waals surface area contributed by atoms with E-state index in [2.05, 4.69) is 16.0 Å². The molecule has 0 radical (unpaired) electrons. The summed E-state index contributed by atoms with van der Waals surface area (Å²) in [5, 5.41) is 8.04. The van der Waals surface area contributed by atoms with E-state index in [4.69, 9.17) is 0 Å². The number of benzene rings is 5. The Labute approximate surface area is 290 Å². The number of nitrogens with zero attached hydrogens (tertiary/aromatic N) is 1. The average molecular weight is 669 g/mol. The first-order chi connectivity index (χ1) is 23.7. The van der Waals surface area contributed by atoms with Gasteiger partial charge in [-0.15, -0.1) is 11.8 Å². The Morgan fingerprint density at radius 3 is 1.82 bits per heavy atom. The number of ketones is 1. The van der Waals surface area contributed by atoms with Crippen LogP contribution in [-0.4, -0.2) is 37.6 Å². The number of Topliss-reactive ketones (excluding diaryl/α,β-unsaturated/α-hetero) is 1. The number of amides is 3. The van der Waals surface area contributed by atoms with Crippen molar-refractivity contribution < 1.29 is 19.2 Å². The molecule has 9 heteroatoms. The van der Waals surface area contributed by atoms with Crippen molar-refractivity contribution in [1.29, 1.82) is 0 Å². The minimum absolute atomic E-state index is 0.0469. The van der Waals surface area contributed by atoms with Crippen LogP contribution in [0.15, 0.2) is 144 Å².